The molecular formula is C3HClFNO. The van der Waals surface area contributed by atoms with Gasteiger partial charge in [-0.2, -0.15) is 4.39 Å². The van der Waals surface area contributed by atoms with E-state index in [0.29, 0.717) is 0 Å². The highest BCUT2D eigenvalue weighted by Gasteiger charge is 1.99. The molecule has 0 saturated heterocycles. The quantitative estimate of drug-likeness (QED) is 0.520. The van der Waals surface area contributed by atoms with Crippen LogP contribution in [-0.2, 0) is 0 Å². The smallest absolute Gasteiger partial charge is 0.317 e. The molecule has 38 valence electrons. The summed E-state index contributed by atoms with van der Waals surface area (Å²) in [4.78, 5) is 3.24. The minimum Gasteiger partial charge on any atom is -0.417 e. The second-order valence-electron chi connectivity index (χ2n) is 0.917. The first-order chi connectivity index (χ1) is 3.30. The van der Waals surface area contributed by atoms with Crippen LogP contribution in [0.15, 0.2) is 10.8 Å². The molecule has 0 bridgehead atoms. The van der Waals surface area contributed by atoms with Crippen LogP contribution in [0.5, 0.6) is 0 Å². The maximum Gasteiger partial charge on any atom is 0.317 e. The minimum atomic E-state index is -0.832. The summed E-state index contributed by atoms with van der Waals surface area (Å²) in [6.07, 6.45) is 0.942. The lowest BCUT2D eigenvalue weighted by Gasteiger charge is -1.68. The number of aromatic nitrogens is 1. The van der Waals surface area contributed by atoms with E-state index in [1.165, 1.54) is 0 Å². The molecule has 0 fully saturated rings. The second kappa shape index (κ2) is 1.50. The minimum absolute atomic E-state index is 0.222. The lowest BCUT2D eigenvalue weighted by molar-refractivity contribution is 0.358. The normalized spacial score (nSPS) is 9.43. The topological polar surface area (TPSA) is 26.0 Å². The van der Waals surface area contributed by atoms with Crippen LogP contribution < -0.4 is 0 Å². The summed E-state index contributed by atoms with van der Waals surface area (Å²) in [7, 11) is 0. The summed E-state index contributed by atoms with van der Waals surface area (Å²) < 4.78 is 15.8. The number of nitrogens with zero attached hydrogens (tertiary/aromatic N) is 1. The lowest BCUT2D eigenvalue weighted by Crippen LogP contribution is -1.61. The Morgan fingerprint density at radius 2 is 2.57 bits per heavy atom. The highest BCUT2D eigenvalue weighted by molar-refractivity contribution is 6.29. The SMILES string of the molecule is Fc1ocnc1Cl. The van der Waals surface area contributed by atoms with Crippen LogP contribution in [0.2, 0.25) is 5.15 Å². The summed E-state index contributed by atoms with van der Waals surface area (Å²) >= 11 is 5.04. The van der Waals surface area contributed by atoms with E-state index in [9.17, 15) is 4.39 Å². The molecule has 4 heteroatoms. The molecule has 0 aromatic carbocycles. The van der Waals surface area contributed by atoms with Gasteiger partial charge >= 0.3 is 6.01 Å². The van der Waals surface area contributed by atoms with Crippen molar-refractivity contribution in [3.8, 4) is 0 Å². The number of oxazole rings is 1. The van der Waals surface area contributed by atoms with Crippen molar-refractivity contribution in [3.05, 3.63) is 17.6 Å². The molecule has 1 aromatic rings. The van der Waals surface area contributed by atoms with Crippen molar-refractivity contribution in [3.63, 3.8) is 0 Å². The molecule has 0 unspecified atom stereocenters. The highest BCUT2D eigenvalue weighted by Crippen LogP contribution is 2.08. The summed E-state index contributed by atoms with van der Waals surface area (Å²) in [5.74, 6) is 0. The predicted octanol–water partition coefficient (Wildman–Crippen LogP) is 1.47. The molecule has 0 N–H and O–H groups in total. The van der Waals surface area contributed by atoms with Crippen molar-refractivity contribution in [1.82, 2.24) is 4.98 Å². The zero-order chi connectivity index (χ0) is 5.28. The average Bonchev–Trinajstić information content (AvgIpc) is 1.91. The number of hydrogen-bond acceptors (Lipinski definition) is 2. The largest absolute Gasteiger partial charge is 0.417 e. The van der Waals surface area contributed by atoms with Crippen molar-refractivity contribution in [1.29, 1.82) is 0 Å². The van der Waals surface area contributed by atoms with Gasteiger partial charge in [-0.15, -0.1) is 0 Å². The molecule has 1 aromatic heterocycles. The lowest BCUT2D eigenvalue weighted by atomic mass is 10.9. The molecule has 7 heavy (non-hydrogen) atoms. The van der Waals surface area contributed by atoms with Gasteiger partial charge in [-0.25, -0.2) is 4.98 Å². The van der Waals surface area contributed by atoms with E-state index < -0.39 is 6.01 Å². The van der Waals surface area contributed by atoms with E-state index >= 15 is 0 Å². The monoisotopic (exact) mass is 121 g/mol. The zero-order valence-electron chi connectivity index (χ0n) is 3.19. The second-order valence-corrected chi connectivity index (χ2v) is 1.27. The van der Waals surface area contributed by atoms with E-state index in [2.05, 4.69) is 9.40 Å². The van der Waals surface area contributed by atoms with Gasteiger partial charge < -0.3 is 4.42 Å². The molecule has 1 heterocycles. The molecule has 0 amide bonds. The van der Waals surface area contributed by atoms with Crippen LogP contribution in [0.1, 0.15) is 0 Å². The standard InChI is InChI=1S/C3HClFNO/c4-2-3(5)7-1-6-2/h1H. The van der Waals surface area contributed by atoms with Crippen LogP contribution in [0.3, 0.4) is 0 Å². The summed E-state index contributed by atoms with van der Waals surface area (Å²) in [6, 6.07) is -0.832. The van der Waals surface area contributed by atoms with Crippen LogP contribution in [0.4, 0.5) is 4.39 Å². The van der Waals surface area contributed by atoms with Gasteiger partial charge in [0, 0.05) is 0 Å². The third kappa shape index (κ3) is 0.718. The molecule has 0 aliphatic rings. The first-order valence-electron chi connectivity index (χ1n) is 1.55. The Bertz CT molecular complexity index is 147. The maximum absolute atomic E-state index is 11.7. The third-order valence-electron chi connectivity index (χ3n) is 0.484. The van der Waals surface area contributed by atoms with Gasteiger partial charge in [-0.3, -0.25) is 0 Å². The van der Waals surface area contributed by atoms with Gasteiger partial charge in [0.25, 0.3) is 0 Å². The molecular weight excluding hydrogens is 120 g/mol. The third-order valence-corrected chi connectivity index (χ3v) is 0.731. The van der Waals surface area contributed by atoms with E-state index in [1.54, 1.807) is 0 Å². The zero-order valence-corrected chi connectivity index (χ0v) is 3.94. The average molecular weight is 121 g/mol. The summed E-state index contributed by atoms with van der Waals surface area (Å²) in [5, 5.41) is -0.222. The highest BCUT2D eigenvalue weighted by atomic mass is 35.5. The molecule has 0 atom stereocenters. The number of halogens is 2. The summed E-state index contributed by atoms with van der Waals surface area (Å²) in [5.41, 5.74) is 0. The Hall–Kier alpha value is -0.570. The van der Waals surface area contributed by atoms with Crippen molar-refractivity contribution in [2.45, 2.75) is 0 Å². The Labute approximate surface area is 43.9 Å². The van der Waals surface area contributed by atoms with Gasteiger partial charge in [0.2, 0.25) is 5.15 Å². The summed E-state index contributed by atoms with van der Waals surface area (Å²) in [6.45, 7) is 0. The van der Waals surface area contributed by atoms with Crippen molar-refractivity contribution >= 4 is 11.6 Å². The van der Waals surface area contributed by atoms with Crippen LogP contribution in [0.25, 0.3) is 0 Å². The van der Waals surface area contributed by atoms with Gasteiger partial charge in [-0.05, 0) is 0 Å². The molecule has 0 aliphatic carbocycles. The predicted molar refractivity (Wildman–Crippen MR) is 21.5 cm³/mol. The molecule has 2 nitrogen and oxygen atoms in total. The maximum atomic E-state index is 11.7. The van der Waals surface area contributed by atoms with Gasteiger partial charge in [0.05, 0.1) is 0 Å². The van der Waals surface area contributed by atoms with Gasteiger partial charge in [0.1, 0.15) is 0 Å². The molecule has 1 rings (SSSR count). The van der Waals surface area contributed by atoms with Gasteiger partial charge in [-0.1, -0.05) is 11.6 Å². The van der Waals surface area contributed by atoms with E-state index in [0.717, 1.165) is 6.39 Å². The van der Waals surface area contributed by atoms with Crippen LogP contribution in [0, 0.1) is 6.01 Å². The van der Waals surface area contributed by atoms with Crippen molar-refractivity contribution < 1.29 is 8.81 Å². The van der Waals surface area contributed by atoms with E-state index in [4.69, 9.17) is 11.6 Å². The first kappa shape index (κ1) is 4.59. The van der Waals surface area contributed by atoms with Gasteiger partial charge in [0.15, 0.2) is 6.39 Å². The fourth-order valence-electron chi connectivity index (χ4n) is 0.218. The Morgan fingerprint density at radius 1 is 1.86 bits per heavy atom. The van der Waals surface area contributed by atoms with E-state index in [-0.39, 0.29) is 5.15 Å². The first-order valence-corrected chi connectivity index (χ1v) is 1.93. The van der Waals surface area contributed by atoms with E-state index in [1.807, 2.05) is 0 Å². The van der Waals surface area contributed by atoms with Crippen LogP contribution >= 0.6 is 11.6 Å². The number of hydrogen-bond donors (Lipinski definition) is 0. The molecule has 0 aliphatic heterocycles. The molecule has 0 radical (unpaired) electrons. The van der Waals surface area contributed by atoms with Crippen molar-refractivity contribution in [2.75, 3.05) is 0 Å². The Kier molecular flexibility index (Phi) is 0.982. The fourth-order valence-corrected chi connectivity index (χ4v) is 0.303. The number of rotatable bonds is 0. The van der Waals surface area contributed by atoms with Crippen molar-refractivity contribution in [2.24, 2.45) is 0 Å². The fraction of sp³-hybridized carbons (Fsp3) is 0. The Morgan fingerprint density at radius 3 is 2.71 bits per heavy atom. The van der Waals surface area contributed by atoms with Crippen LogP contribution in [-0.4, -0.2) is 4.98 Å². The Balaban J connectivity index is 3.12. The molecule has 0 spiro atoms. The molecule has 0 saturated carbocycles.